The van der Waals surface area contributed by atoms with Gasteiger partial charge in [-0.05, 0) is 142 Å². The molecule has 6 heteroatoms. The van der Waals surface area contributed by atoms with E-state index in [-0.39, 0.29) is 0 Å². The summed E-state index contributed by atoms with van der Waals surface area (Å²) in [6.45, 7) is 2.38. The minimum absolute atomic E-state index is 0.595. The van der Waals surface area contributed by atoms with E-state index in [1.165, 1.54) is 0 Å². The molecule has 0 spiro atoms. The monoisotopic (exact) mass is 979 g/mol. The Morgan fingerprint density at radius 3 is 0.932 bits per heavy atom. The summed E-state index contributed by atoms with van der Waals surface area (Å²) in [5.41, 5.74) is 13.7. The summed E-state index contributed by atoms with van der Waals surface area (Å²) in [6, 6.07) is 67.9. The Kier molecular flexibility index (Phi) is 14.2. The molecule has 11 rings (SSSR count). The maximum absolute atomic E-state index is 7.28. The number of anilines is 2. The predicted molar refractivity (Wildman–Crippen MR) is 304 cm³/mol. The van der Waals surface area contributed by atoms with Gasteiger partial charge >= 0.3 is 0 Å². The second kappa shape index (κ2) is 21.6. The van der Waals surface area contributed by atoms with Crippen molar-refractivity contribution in [2.24, 2.45) is 0 Å². The highest BCUT2D eigenvalue weighted by atomic mass is 16.5. The molecule has 0 N–H and O–H groups in total. The molecular weight excluding hydrogens is 909 g/mol. The van der Waals surface area contributed by atoms with E-state index in [0.717, 1.165) is 165 Å². The summed E-state index contributed by atoms with van der Waals surface area (Å²) in [5.74, 6) is 3.37. The van der Waals surface area contributed by atoms with Crippen LogP contribution in [-0.2, 0) is 10.8 Å². The third kappa shape index (κ3) is 8.97. The molecular formula is C68H70N2O4. The zero-order chi connectivity index (χ0) is 50.5. The molecule has 3 aliphatic rings. The summed E-state index contributed by atoms with van der Waals surface area (Å²) in [4.78, 5) is 4.32. The smallest absolute Gasteiger partial charge is 0.127 e. The summed E-state index contributed by atoms with van der Waals surface area (Å²) in [6.07, 6.45) is 10.3. The lowest BCUT2D eigenvalue weighted by atomic mass is 9.50. The van der Waals surface area contributed by atoms with Crippen LogP contribution in [-0.4, -0.2) is 54.6 Å². The van der Waals surface area contributed by atoms with Gasteiger partial charge in [0.15, 0.2) is 0 Å². The first-order valence-corrected chi connectivity index (χ1v) is 27.1. The number of nitrogens with zero attached hydrogens (tertiary/aromatic N) is 2. The van der Waals surface area contributed by atoms with Crippen LogP contribution in [0.3, 0.4) is 0 Å². The first kappa shape index (κ1) is 48.8. The minimum Gasteiger partial charge on any atom is -0.493 e. The van der Waals surface area contributed by atoms with Gasteiger partial charge in [-0.25, -0.2) is 0 Å². The van der Waals surface area contributed by atoms with Crippen LogP contribution in [0.4, 0.5) is 11.4 Å². The normalized spacial score (nSPS) is 18.9. The topological polar surface area (TPSA) is 43.4 Å². The van der Waals surface area contributed by atoms with E-state index < -0.39 is 10.8 Å². The maximum atomic E-state index is 7.28. The van der Waals surface area contributed by atoms with E-state index in [4.69, 9.17) is 18.9 Å². The fraction of sp³-hybridized carbons (Fsp3) is 0.294. The van der Waals surface area contributed by atoms with Crippen molar-refractivity contribution >= 4 is 11.4 Å². The van der Waals surface area contributed by atoms with Gasteiger partial charge in [0.1, 0.15) is 23.0 Å². The molecule has 6 nitrogen and oxygen atoms in total. The van der Waals surface area contributed by atoms with Crippen LogP contribution in [0.2, 0.25) is 0 Å². The molecule has 74 heavy (non-hydrogen) atoms. The Bertz CT molecular complexity index is 2910. The highest BCUT2D eigenvalue weighted by molar-refractivity contribution is 5.84. The molecule has 0 amide bonds. The first-order valence-electron chi connectivity index (χ1n) is 27.1. The molecule has 4 bridgehead atoms. The third-order valence-electron chi connectivity index (χ3n) is 15.8. The fourth-order valence-corrected chi connectivity index (χ4v) is 12.2. The van der Waals surface area contributed by atoms with Crippen LogP contribution in [0.25, 0.3) is 22.3 Å². The van der Waals surface area contributed by atoms with Crippen molar-refractivity contribution in [3.05, 3.63) is 226 Å². The number of benzene rings is 8. The molecule has 1 aliphatic carbocycles. The van der Waals surface area contributed by atoms with Crippen molar-refractivity contribution in [1.82, 2.24) is 0 Å². The van der Waals surface area contributed by atoms with Gasteiger partial charge in [0.2, 0.25) is 0 Å². The van der Waals surface area contributed by atoms with Crippen LogP contribution in [0, 0.1) is 0 Å². The lowest BCUT2D eigenvalue weighted by Gasteiger charge is -2.52. The molecule has 0 aromatic heterocycles. The van der Waals surface area contributed by atoms with Gasteiger partial charge in [0, 0.05) is 39.6 Å². The fourth-order valence-electron chi connectivity index (χ4n) is 12.2. The predicted octanol–water partition coefficient (Wildman–Crippen LogP) is 15.7. The van der Waals surface area contributed by atoms with E-state index >= 15 is 0 Å². The molecule has 2 heterocycles. The minimum atomic E-state index is -0.984. The zero-order valence-corrected chi connectivity index (χ0v) is 43.7. The van der Waals surface area contributed by atoms with E-state index in [1.807, 2.05) is 0 Å². The maximum Gasteiger partial charge on any atom is 0.127 e. The first-order chi connectivity index (χ1) is 36.4. The van der Waals surface area contributed by atoms with Crippen molar-refractivity contribution in [2.75, 3.05) is 64.4 Å². The van der Waals surface area contributed by atoms with Crippen molar-refractivity contribution in [2.45, 2.75) is 75.0 Å². The highest BCUT2D eigenvalue weighted by Gasteiger charge is 2.57. The average molecular weight is 979 g/mol. The Morgan fingerprint density at radius 2 is 0.608 bits per heavy atom. The van der Waals surface area contributed by atoms with Crippen LogP contribution in [0.5, 0.6) is 23.0 Å². The Balaban J connectivity index is 1.38. The molecule has 0 saturated heterocycles. The van der Waals surface area contributed by atoms with Crippen molar-refractivity contribution in [3.8, 4) is 45.3 Å². The Hall–Kier alpha value is -7.44. The van der Waals surface area contributed by atoms with Crippen LogP contribution in [0.1, 0.15) is 109 Å². The van der Waals surface area contributed by atoms with Crippen LogP contribution >= 0.6 is 0 Å². The summed E-state index contributed by atoms with van der Waals surface area (Å²) in [7, 11) is 8.39. The second-order valence-electron chi connectivity index (χ2n) is 20.8. The van der Waals surface area contributed by atoms with Gasteiger partial charge < -0.3 is 28.7 Å². The largest absolute Gasteiger partial charge is 0.493 e. The van der Waals surface area contributed by atoms with Crippen molar-refractivity contribution in [3.63, 3.8) is 0 Å². The molecule has 0 radical (unpaired) electrons. The van der Waals surface area contributed by atoms with Gasteiger partial charge in [-0.1, -0.05) is 160 Å². The van der Waals surface area contributed by atoms with Gasteiger partial charge in [0.25, 0.3) is 0 Å². The SMILES string of the molecule is CN(C)c1ccc(-c2ccc3c(c2)C2(c4ccccc4)c4ccc(-c5ccc(N(C)C)cc5)cc4C3(c3ccccc3)c3c4cccc3OCCCCCCCOc3cccc(c32)OCCCCCCCO4)cc1. The van der Waals surface area contributed by atoms with E-state index in [2.05, 4.69) is 220 Å². The molecule has 376 valence electrons. The van der Waals surface area contributed by atoms with Crippen LogP contribution in [0.15, 0.2) is 182 Å². The molecule has 8 aromatic carbocycles. The van der Waals surface area contributed by atoms with E-state index in [0.29, 0.717) is 26.4 Å². The summed E-state index contributed by atoms with van der Waals surface area (Å²) < 4.78 is 29.1. The molecule has 0 fully saturated rings. The number of ether oxygens (including phenoxy) is 4. The number of hydrogen-bond donors (Lipinski definition) is 0. The Morgan fingerprint density at radius 1 is 0.297 bits per heavy atom. The van der Waals surface area contributed by atoms with E-state index in [1.54, 1.807) is 0 Å². The third-order valence-corrected chi connectivity index (χ3v) is 15.8. The van der Waals surface area contributed by atoms with Gasteiger partial charge in [-0.15, -0.1) is 0 Å². The van der Waals surface area contributed by atoms with E-state index in [9.17, 15) is 0 Å². The summed E-state index contributed by atoms with van der Waals surface area (Å²) >= 11 is 0. The average Bonchev–Trinajstić information content (AvgIpc) is 3.46. The van der Waals surface area contributed by atoms with Crippen LogP contribution < -0.4 is 28.7 Å². The Labute approximate surface area is 439 Å². The quantitative estimate of drug-likeness (QED) is 0.165. The lowest BCUT2D eigenvalue weighted by Crippen LogP contribution is -2.46. The summed E-state index contributed by atoms with van der Waals surface area (Å²) in [5, 5.41) is 0. The molecule has 2 atom stereocenters. The van der Waals surface area contributed by atoms with Gasteiger partial charge in [-0.2, -0.15) is 0 Å². The molecule has 2 aliphatic heterocycles. The highest BCUT2D eigenvalue weighted by Crippen LogP contribution is 2.65. The molecule has 0 saturated carbocycles. The second-order valence-corrected chi connectivity index (χ2v) is 20.8. The lowest BCUT2D eigenvalue weighted by molar-refractivity contribution is 0.273. The molecule has 8 aromatic rings. The van der Waals surface area contributed by atoms with Crippen molar-refractivity contribution < 1.29 is 18.9 Å². The molecule has 2 unspecified atom stereocenters. The van der Waals surface area contributed by atoms with Crippen molar-refractivity contribution in [1.29, 1.82) is 0 Å². The zero-order valence-electron chi connectivity index (χ0n) is 43.7. The number of rotatable bonds is 6. The number of hydrogen-bond acceptors (Lipinski definition) is 6. The van der Waals surface area contributed by atoms with Gasteiger partial charge in [0.05, 0.1) is 48.4 Å². The van der Waals surface area contributed by atoms with Gasteiger partial charge in [-0.3, -0.25) is 0 Å². The standard InChI is InChI=1S/C68H70N2O4/c1-69(2)55-37-31-49(32-38-55)51-35-41-57-59(47-51)67(53-23-13-11-14-24-53)58-42-36-52(50-33-39-56(40-34-50)70(3)4)48-60(58)68(57,54-25-15-12-16-26-54)66-63-29-22-30-64(66)74-46-20-10-6-8-18-44-72-62-28-21-27-61(65(62)67)71-43-17-7-5-9-19-45-73-63/h11-16,21-42,47-48H,5-10,17-20,43-46H2,1-4H3.